The van der Waals surface area contributed by atoms with E-state index in [1.54, 1.807) is 12.4 Å². The minimum absolute atomic E-state index is 0.0578. The van der Waals surface area contributed by atoms with Crippen LogP contribution in [0.1, 0.15) is 32.6 Å². The lowest BCUT2D eigenvalue weighted by Gasteiger charge is -2.24. The standard InChI is InChI=1S/C13H17BrN2O2/c1-2-16-7-10(14)13(18)11(8-16)15-12(17)6-9-4-3-5-9/h7-9H,2-6H2,1H3,(H,15,17). The monoisotopic (exact) mass is 312 g/mol. The van der Waals surface area contributed by atoms with Gasteiger partial charge in [0.1, 0.15) is 5.69 Å². The van der Waals surface area contributed by atoms with Crippen LogP contribution in [0.4, 0.5) is 5.69 Å². The van der Waals surface area contributed by atoms with Gasteiger partial charge in [0.25, 0.3) is 0 Å². The smallest absolute Gasteiger partial charge is 0.224 e. The van der Waals surface area contributed by atoms with Crippen molar-refractivity contribution >= 4 is 27.5 Å². The zero-order chi connectivity index (χ0) is 13.1. The summed E-state index contributed by atoms with van der Waals surface area (Å²) in [5.74, 6) is 0.447. The number of aryl methyl sites for hydroxylation is 1. The third-order valence-electron chi connectivity index (χ3n) is 3.37. The van der Waals surface area contributed by atoms with Crippen molar-refractivity contribution in [3.8, 4) is 0 Å². The Morgan fingerprint density at radius 1 is 1.50 bits per heavy atom. The number of halogens is 1. The summed E-state index contributed by atoms with van der Waals surface area (Å²) in [7, 11) is 0. The topological polar surface area (TPSA) is 51.1 Å². The maximum Gasteiger partial charge on any atom is 0.224 e. The van der Waals surface area contributed by atoms with Crippen LogP contribution in [0.15, 0.2) is 21.7 Å². The first-order chi connectivity index (χ1) is 8.60. The van der Waals surface area contributed by atoms with Crippen molar-refractivity contribution in [1.29, 1.82) is 0 Å². The number of hydrogen-bond donors (Lipinski definition) is 1. The highest BCUT2D eigenvalue weighted by atomic mass is 79.9. The van der Waals surface area contributed by atoms with Crippen molar-refractivity contribution in [3.63, 3.8) is 0 Å². The van der Waals surface area contributed by atoms with Crippen LogP contribution in [0.2, 0.25) is 0 Å². The molecule has 0 aliphatic heterocycles. The van der Waals surface area contributed by atoms with Gasteiger partial charge in [0, 0.05) is 25.4 Å². The number of hydrogen-bond acceptors (Lipinski definition) is 2. The molecule has 5 heteroatoms. The van der Waals surface area contributed by atoms with Gasteiger partial charge in [-0.25, -0.2) is 0 Å². The SMILES string of the molecule is CCn1cc(Br)c(=O)c(NC(=O)CC2CCC2)c1. The second kappa shape index (κ2) is 5.69. The average Bonchev–Trinajstić information content (AvgIpc) is 2.29. The maximum atomic E-state index is 11.9. The fraction of sp³-hybridized carbons (Fsp3) is 0.538. The van der Waals surface area contributed by atoms with Crippen LogP contribution in [-0.4, -0.2) is 10.5 Å². The van der Waals surface area contributed by atoms with E-state index in [-0.39, 0.29) is 11.3 Å². The van der Waals surface area contributed by atoms with E-state index in [0.717, 1.165) is 19.4 Å². The van der Waals surface area contributed by atoms with E-state index in [4.69, 9.17) is 0 Å². The summed E-state index contributed by atoms with van der Waals surface area (Å²) >= 11 is 3.22. The third kappa shape index (κ3) is 3.02. The summed E-state index contributed by atoms with van der Waals surface area (Å²) in [6.45, 7) is 2.74. The van der Waals surface area contributed by atoms with Crippen LogP contribution in [0, 0.1) is 5.92 Å². The molecule has 1 heterocycles. The number of carbonyl (C=O) groups excluding carboxylic acids is 1. The lowest BCUT2D eigenvalue weighted by atomic mass is 9.83. The van der Waals surface area contributed by atoms with E-state index < -0.39 is 0 Å². The van der Waals surface area contributed by atoms with Gasteiger partial charge in [-0.1, -0.05) is 6.42 Å². The molecule has 4 nitrogen and oxygen atoms in total. The first kappa shape index (κ1) is 13.3. The number of carbonyl (C=O) groups is 1. The highest BCUT2D eigenvalue weighted by Crippen LogP contribution is 2.29. The summed E-state index contributed by atoms with van der Waals surface area (Å²) in [5.41, 5.74) is 0.192. The van der Waals surface area contributed by atoms with Gasteiger partial charge in [-0.3, -0.25) is 9.59 Å². The highest BCUT2D eigenvalue weighted by molar-refractivity contribution is 9.10. The highest BCUT2D eigenvalue weighted by Gasteiger charge is 2.21. The molecule has 1 aliphatic carbocycles. The second-order valence-electron chi connectivity index (χ2n) is 4.73. The summed E-state index contributed by atoms with van der Waals surface area (Å²) in [6, 6.07) is 0. The molecular formula is C13H17BrN2O2. The summed E-state index contributed by atoms with van der Waals surface area (Å²) in [6.07, 6.45) is 7.42. The molecule has 0 aromatic carbocycles. The van der Waals surface area contributed by atoms with Crippen molar-refractivity contribution in [1.82, 2.24) is 4.57 Å². The van der Waals surface area contributed by atoms with Gasteiger partial charge < -0.3 is 9.88 Å². The zero-order valence-corrected chi connectivity index (χ0v) is 12.0. The summed E-state index contributed by atoms with van der Waals surface area (Å²) in [4.78, 5) is 23.7. The number of anilines is 1. The third-order valence-corrected chi connectivity index (χ3v) is 3.94. The number of amides is 1. The Labute approximate surface area is 115 Å². The first-order valence-electron chi connectivity index (χ1n) is 6.29. The lowest BCUT2D eigenvalue weighted by molar-refractivity contribution is -0.117. The fourth-order valence-corrected chi connectivity index (χ4v) is 2.50. The van der Waals surface area contributed by atoms with Crippen LogP contribution in [0.5, 0.6) is 0 Å². The second-order valence-corrected chi connectivity index (χ2v) is 5.58. The van der Waals surface area contributed by atoms with E-state index in [1.807, 2.05) is 11.5 Å². The van der Waals surface area contributed by atoms with Gasteiger partial charge in [-0.15, -0.1) is 0 Å². The average molecular weight is 313 g/mol. The van der Waals surface area contributed by atoms with Gasteiger partial charge in [0.15, 0.2) is 0 Å². The van der Waals surface area contributed by atoms with Crippen molar-refractivity contribution < 1.29 is 4.79 Å². The van der Waals surface area contributed by atoms with Crippen molar-refractivity contribution in [2.75, 3.05) is 5.32 Å². The summed E-state index contributed by atoms with van der Waals surface area (Å²) < 4.78 is 2.34. The van der Waals surface area contributed by atoms with Crippen LogP contribution in [-0.2, 0) is 11.3 Å². The Morgan fingerprint density at radius 2 is 2.22 bits per heavy atom. The molecule has 98 valence electrons. The molecule has 0 saturated heterocycles. The quantitative estimate of drug-likeness (QED) is 0.929. The number of pyridine rings is 1. The molecule has 1 N–H and O–H groups in total. The molecule has 0 bridgehead atoms. The van der Waals surface area contributed by atoms with Crippen molar-refractivity contribution in [2.24, 2.45) is 5.92 Å². The molecule has 0 unspecified atom stereocenters. The maximum absolute atomic E-state index is 11.9. The van der Waals surface area contributed by atoms with E-state index >= 15 is 0 Å². The fourth-order valence-electron chi connectivity index (χ4n) is 2.03. The Hall–Kier alpha value is -1.10. The molecule has 1 saturated carbocycles. The predicted octanol–water partition coefficient (Wildman–Crippen LogP) is 2.76. The molecule has 0 radical (unpaired) electrons. The van der Waals surface area contributed by atoms with E-state index in [9.17, 15) is 9.59 Å². The Morgan fingerprint density at radius 3 is 2.78 bits per heavy atom. The van der Waals surface area contributed by atoms with E-state index in [0.29, 0.717) is 22.5 Å². The van der Waals surface area contributed by atoms with Gasteiger partial charge >= 0.3 is 0 Å². The Balaban J connectivity index is 2.09. The number of rotatable bonds is 4. The summed E-state index contributed by atoms with van der Waals surface area (Å²) in [5, 5.41) is 2.72. The van der Waals surface area contributed by atoms with Gasteiger partial charge in [-0.2, -0.15) is 0 Å². The van der Waals surface area contributed by atoms with Crippen molar-refractivity contribution in [2.45, 2.75) is 39.2 Å². The molecule has 1 amide bonds. The van der Waals surface area contributed by atoms with E-state index in [2.05, 4.69) is 21.2 Å². The molecule has 0 atom stereocenters. The normalized spacial score (nSPS) is 15.2. The predicted molar refractivity (Wildman–Crippen MR) is 74.7 cm³/mol. The largest absolute Gasteiger partial charge is 0.351 e. The molecule has 0 spiro atoms. The van der Waals surface area contributed by atoms with Crippen LogP contribution >= 0.6 is 15.9 Å². The van der Waals surface area contributed by atoms with Crippen LogP contribution in [0.3, 0.4) is 0 Å². The van der Waals surface area contributed by atoms with Gasteiger partial charge in [0.05, 0.1) is 4.47 Å². The number of nitrogens with one attached hydrogen (secondary N) is 1. The molecule has 1 aliphatic rings. The Bertz CT molecular complexity index is 506. The number of nitrogens with zero attached hydrogens (tertiary/aromatic N) is 1. The van der Waals surface area contributed by atoms with E-state index in [1.165, 1.54) is 6.42 Å². The lowest BCUT2D eigenvalue weighted by Crippen LogP contribution is -2.24. The minimum Gasteiger partial charge on any atom is -0.351 e. The molecule has 1 fully saturated rings. The molecule has 2 rings (SSSR count). The molecule has 1 aromatic heterocycles. The van der Waals surface area contributed by atoms with Crippen LogP contribution < -0.4 is 10.7 Å². The Kier molecular flexibility index (Phi) is 4.22. The zero-order valence-electron chi connectivity index (χ0n) is 10.4. The molecular weight excluding hydrogens is 296 g/mol. The molecule has 18 heavy (non-hydrogen) atoms. The number of aromatic nitrogens is 1. The van der Waals surface area contributed by atoms with Gasteiger partial charge in [-0.05, 0) is 41.6 Å². The van der Waals surface area contributed by atoms with Crippen molar-refractivity contribution in [3.05, 3.63) is 27.1 Å². The van der Waals surface area contributed by atoms with Gasteiger partial charge in [0.2, 0.25) is 11.3 Å². The first-order valence-corrected chi connectivity index (χ1v) is 7.09. The minimum atomic E-state index is -0.165. The van der Waals surface area contributed by atoms with Crippen LogP contribution in [0.25, 0.3) is 0 Å². The molecule has 1 aromatic rings.